The van der Waals surface area contributed by atoms with Crippen LogP contribution in [-0.2, 0) is 10.0 Å². The molecule has 1 aliphatic carbocycles. The van der Waals surface area contributed by atoms with Crippen molar-refractivity contribution < 1.29 is 12.8 Å². The highest BCUT2D eigenvalue weighted by molar-refractivity contribution is 7.90. The molecule has 0 amide bonds. The maximum atomic E-state index is 13.5. The summed E-state index contributed by atoms with van der Waals surface area (Å²) in [5, 5.41) is 16.9. The van der Waals surface area contributed by atoms with Crippen LogP contribution in [0.15, 0.2) is 24.3 Å². The third-order valence-electron chi connectivity index (χ3n) is 5.27. The van der Waals surface area contributed by atoms with Gasteiger partial charge in [0.05, 0.1) is 10.4 Å². The van der Waals surface area contributed by atoms with Crippen molar-refractivity contribution >= 4 is 10.0 Å². The molecule has 0 radical (unpaired) electrons. The molecule has 0 spiro atoms. The molecule has 150 valence electrons. The average Bonchev–Trinajstić information content (AvgIpc) is 3.05. The van der Waals surface area contributed by atoms with Crippen LogP contribution in [0.25, 0.3) is 11.3 Å². The van der Waals surface area contributed by atoms with Crippen molar-refractivity contribution in [3.63, 3.8) is 0 Å². The van der Waals surface area contributed by atoms with Crippen molar-refractivity contribution in [2.75, 3.05) is 0 Å². The number of hydrogen-bond donors (Lipinski definition) is 2. The predicted octanol–water partition coefficient (Wildman–Crippen LogP) is 3.83. The molecular formula is C20H25FN4O2S. The summed E-state index contributed by atoms with van der Waals surface area (Å²) in [7, 11) is -3.39. The maximum absolute atomic E-state index is 13.5. The molecule has 0 atom stereocenters. The molecule has 1 saturated carbocycles. The lowest BCUT2D eigenvalue weighted by Gasteiger charge is -2.31. The molecular weight excluding hydrogens is 379 g/mol. The normalized spacial score (nSPS) is 20.7. The van der Waals surface area contributed by atoms with Gasteiger partial charge in [-0.05, 0) is 58.6 Å². The second-order valence-electron chi connectivity index (χ2n) is 8.27. The van der Waals surface area contributed by atoms with Crippen LogP contribution < -0.4 is 4.72 Å². The first kappa shape index (κ1) is 20.5. The van der Waals surface area contributed by atoms with Gasteiger partial charge in [-0.1, -0.05) is 12.1 Å². The molecule has 1 aromatic carbocycles. The van der Waals surface area contributed by atoms with Gasteiger partial charge in [-0.2, -0.15) is 10.4 Å². The Hall–Kier alpha value is -2.24. The lowest BCUT2D eigenvalue weighted by molar-refractivity contribution is 0.366. The summed E-state index contributed by atoms with van der Waals surface area (Å²) in [6, 6.07) is 8.13. The topological polar surface area (TPSA) is 98.6 Å². The summed E-state index contributed by atoms with van der Waals surface area (Å²) in [5.41, 5.74) is 2.20. The predicted molar refractivity (Wildman–Crippen MR) is 106 cm³/mol. The van der Waals surface area contributed by atoms with Gasteiger partial charge >= 0.3 is 0 Å². The maximum Gasteiger partial charge on any atom is 0.216 e. The minimum Gasteiger partial charge on any atom is -0.280 e. The lowest BCUT2D eigenvalue weighted by atomic mass is 9.83. The standard InChI is InChI=1S/C20H25FN4O2S/c1-20(2,3)28(26,27)25-16-9-7-13(8-10-16)18-17(12-22)19(24-23-18)14-5-4-6-15(21)11-14/h4-6,11,13,16,25H,7-10H2,1-3H3,(H,23,24). The summed E-state index contributed by atoms with van der Waals surface area (Å²) in [5.74, 6) is -0.280. The summed E-state index contributed by atoms with van der Waals surface area (Å²) < 4.78 is 40.2. The highest BCUT2D eigenvalue weighted by Gasteiger charge is 2.34. The summed E-state index contributed by atoms with van der Waals surface area (Å²) in [4.78, 5) is 0. The Balaban J connectivity index is 1.74. The van der Waals surface area contributed by atoms with E-state index in [1.165, 1.54) is 12.1 Å². The van der Waals surface area contributed by atoms with Gasteiger partial charge in [0.25, 0.3) is 0 Å². The number of aromatic nitrogens is 2. The molecule has 6 nitrogen and oxygen atoms in total. The van der Waals surface area contributed by atoms with Crippen LogP contribution in [0.2, 0.25) is 0 Å². The number of halogens is 1. The van der Waals surface area contributed by atoms with E-state index in [0.717, 1.165) is 18.5 Å². The average molecular weight is 405 g/mol. The van der Waals surface area contributed by atoms with E-state index >= 15 is 0 Å². The first-order valence-corrected chi connectivity index (χ1v) is 10.9. The molecule has 28 heavy (non-hydrogen) atoms. The van der Waals surface area contributed by atoms with Gasteiger partial charge in [-0.15, -0.1) is 0 Å². The van der Waals surface area contributed by atoms with Gasteiger partial charge in [0, 0.05) is 17.5 Å². The van der Waals surface area contributed by atoms with Crippen LogP contribution in [0.5, 0.6) is 0 Å². The van der Waals surface area contributed by atoms with Gasteiger partial charge in [-0.3, -0.25) is 5.10 Å². The molecule has 1 heterocycles. The van der Waals surface area contributed by atoms with Crippen LogP contribution in [-0.4, -0.2) is 29.4 Å². The third-order valence-corrected chi connectivity index (χ3v) is 7.52. The molecule has 0 saturated heterocycles. The second kappa shape index (κ2) is 7.64. The fourth-order valence-corrected chi connectivity index (χ4v) is 4.53. The Morgan fingerprint density at radius 1 is 1.25 bits per heavy atom. The first-order valence-electron chi connectivity index (χ1n) is 9.38. The second-order valence-corrected chi connectivity index (χ2v) is 10.7. The number of aromatic amines is 1. The van der Waals surface area contributed by atoms with E-state index in [1.807, 2.05) is 0 Å². The van der Waals surface area contributed by atoms with E-state index < -0.39 is 14.8 Å². The lowest BCUT2D eigenvalue weighted by Crippen LogP contribution is -2.45. The first-order chi connectivity index (χ1) is 13.1. The zero-order valence-electron chi connectivity index (χ0n) is 16.3. The molecule has 2 aromatic rings. The Labute approximate surface area is 165 Å². The minimum absolute atomic E-state index is 0.0971. The Morgan fingerprint density at radius 2 is 1.93 bits per heavy atom. The van der Waals surface area contributed by atoms with Gasteiger partial charge in [0.2, 0.25) is 10.0 Å². The summed E-state index contributed by atoms with van der Waals surface area (Å²) >= 11 is 0. The molecule has 1 aromatic heterocycles. The molecule has 0 bridgehead atoms. The number of H-pyrrole nitrogens is 1. The zero-order chi connectivity index (χ0) is 20.5. The molecule has 2 N–H and O–H groups in total. The molecule has 1 fully saturated rings. The van der Waals surface area contributed by atoms with Crippen molar-refractivity contribution in [1.29, 1.82) is 5.26 Å². The Morgan fingerprint density at radius 3 is 2.50 bits per heavy atom. The van der Waals surface area contributed by atoms with Gasteiger partial charge < -0.3 is 0 Å². The smallest absolute Gasteiger partial charge is 0.216 e. The third kappa shape index (κ3) is 4.10. The van der Waals surface area contributed by atoms with Gasteiger partial charge in [0.1, 0.15) is 23.1 Å². The van der Waals surface area contributed by atoms with Crippen molar-refractivity contribution in [2.45, 2.75) is 63.2 Å². The number of nitrogens with zero attached hydrogens (tertiary/aromatic N) is 2. The van der Waals surface area contributed by atoms with E-state index in [0.29, 0.717) is 29.7 Å². The molecule has 0 aliphatic heterocycles. The summed E-state index contributed by atoms with van der Waals surface area (Å²) in [6.45, 7) is 5.04. The monoisotopic (exact) mass is 404 g/mol. The number of sulfonamides is 1. The molecule has 3 rings (SSSR count). The van der Waals surface area contributed by atoms with Gasteiger partial charge in [-0.25, -0.2) is 17.5 Å². The Kier molecular flexibility index (Phi) is 5.60. The fourth-order valence-electron chi connectivity index (χ4n) is 3.50. The van der Waals surface area contributed by atoms with Crippen LogP contribution in [0, 0.1) is 17.1 Å². The quantitative estimate of drug-likeness (QED) is 0.809. The minimum atomic E-state index is -3.39. The van der Waals surface area contributed by atoms with Crippen LogP contribution in [0.1, 0.15) is 63.6 Å². The van der Waals surface area contributed by atoms with Crippen LogP contribution in [0.4, 0.5) is 4.39 Å². The molecule has 8 heteroatoms. The zero-order valence-corrected chi connectivity index (χ0v) is 17.1. The number of nitrogens with one attached hydrogen (secondary N) is 2. The van der Waals surface area contributed by atoms with Crippen molar-refractivity contribution in [3.8, 4) is 17.3 Å². The molecule has 0 unspecified atom stereocenters. The van der Waals surface area contributed by atoms with Crippen molar-refractivity contribution in [2.24, 2.45) is 0 Å². The highest BCUT2D eigenvalue weighted by Crippen LogP contribution is 2.36. The molecule has 1 aliphatic rings. The number of rotatable bonds is 4. The number of benzene rings is 1. The SMILES string of the molecule is CC(C)(C)S(=O)(=O)NC1CCC(c2[nH]nc(-c3cccc(F)c3)c2C#N)CC1. The largest absolute Gasteiger partial charge is 0.280 e. The van der Waals surface area contributed by atoms with Gasteiger partial charge in [0.15, 0.2) is 0 Å². The fraction of sp³-hybridized carbons (Fsp3) is 0.500. The highest BCUT2D eigenvalue weighted by atomic mass is 32.2. The Bertz CT molecular complexity index is 994. The number of hydrogen-bond acceptors (Lipinski definition) is 4. The van der Waals surface area contributed by atoms with E-state index in [-0.39, 0.29) is 17.8 Å². The van der Waals surface area contributed by atoms with Crippen molar-refractivity contribution in [3.05, 3.63) is 41.3 Å². The van der Waals surface area contributed by atoms with Crippen LogP contribution in [0.3, 0.4) is 0 Å². The van der Waals surface area contributed by atoms with E-state index in [1.54, 1.807) is 32.9 Å². The van der Waals surface area contributed by atoms with E-state index in [9.17, 15) is 18.1 Å². The van der Waals surface area contributed by atoms with Crippen LogP contribution >= 0.6 is 0 Å². The van der Waals surface area contributed by atoms with E-state index in [2.05, 4.69) is 21.0 Å². The summed E-state index contributed by atoms with van der Waals surface area (Å²) in [6.07, 6.45) is 2.88. The van der Waals surface area contributed by atoms with Crippen molar-refractivity contribution in [1.82, 2.24) is 14.9 Å². The van der Waals surface area contributed by atoms with E-state index in [4.69, 9.17) is 0 Å². The number of nitriles is 1.